The molecule has 0 bridgehead atoms. The van der Waals surface area contributed by atoms with Crippen LogP contribution in [0.4, 0.5) is 22.7 Å². The molecule has 2 aliphatic heterocycles. The first kappa shape index (κ1) is 20.5. The third-order valence-electron chi connectivity index (χ3n) is 6.08. The zero-order valence-corrected chi connectivity index (χ0v) is 18.1. The molecule has 0 atom stereocenters. The van der Waals surface area contributed by atoms with E-state index in [1.807, 2.05) is 0 Å². The molecule has 4 aromatic carbocycles. The highest BCUT2D eigenvalue weighted by Gasteiger charge is 2.53. The summed E-state index contributed by atoms with van der Waals surface area (Å²) >= 11 is 0. The van der Waals surface area contributed by atoms with Gasteiger partial charge in [0.25, 0.3) is 0 Å². The zero-order valence-electron chi connectivity index (χ0n) is 18.1. The van der Waals surface area contributed by atoms with Crippen LogP contribution < -0.4 is 16.2 Å². The van der Waals surface area contributed by atoms with E-state index in [9.17, 15) is 15.0 Å². The molecule has 4 aromatic rings. The average molecular weight is 466 g/mol. The maximum atomic E-state index is 13.1. The molecule has 0 amide bonds. The zero-order chi connectivity index (χ0) is 24.3. The first-order valence-electron chi connectivity index (χ1n) is 10.6. The highest BCUT2D eigenvalue weighted by molar-refractivity contribution is 5.98. The number of phenols is 2. The first-order valence-corrected chi connectivity index (χ1v) is 10.6. The van der Waals surface area contributed by atoms with Crippen LogP contribution in [0.3, 0.4) is 0 Å². The van der Waals surface area contributed by atoms with E-state index < -0.39 is 11.6 Å². The molecule has 0 radical (unpaired) electrons. The van der Waals surface area contributed by atoms with Crippen molar-refractivity contribution in [3.8, 4) is 23.0 Å². The van der Waals surface area contributed by atoms with Crippen molar-refractivity contribution in [3.63, 3.8) is 0 Å². The van der Waals surface area contributed by atoms with Crippen molar-refractivity contribution in [1.29, 1.82) is 0 Å². The lowest BCUT2D eigenvalue weighted by atomic mass is 9.77. The Labute approximate surface area is 198 Å². The predicted molar refractivity (Wildman–Crippen MR) is 127 cm³/mol. The molecule has 1 spiro atoms. The van der Waals surface area contributed by atoms with E-state index in [-0.39, 0.29) is 11.5 Å². The quantitative estimate of drug-likeness (QED) is 0.179. The fourth-order valence-corrected chi connectivity index (χ4v) is 4.53. The molecule has 0 aromatic heterocycles. The molecule has 9 heteroatoms. The highest BCUT2D eigenvalue weighted by Crippen LogP contribution is 2.57. The molecule has 2 aliphatic rings. The summed E-state index contributed by atoms with van der Waals surface area (Å²) < 4.78 is 12.0. The number of anilines is 2. The minimum Gasteiger partial charge on any atom is -0.508 e. The Balaban J connectivity index is 1.50. The van der Waals surface area contributed by atoms with Crippen LogP contribution in [0.1, 0.15) is 27.0 Å². The van der Waals surface area contributed by atoms with E-state index in [4.69, 9.17) is 20.9 Å². The summed E-state index contributed by atoms with van der Waals surface area (Å²) in [5.74, 6) is 0.0520. The minimum atomic E-state index is -1.33. The molecule has 0 unspecified atom stereocenters. The third kappa shape index (κ3) is 3.06. The Morgan fingerprint density at radius 1 is 0.743 bits per heavy atom. The fourth-order valence-electron chi connectivity index (χ4n) is 4.53. The summed E-state index contributed by atoms with van der Waals surface area (Å²) in [6, 6.07) is 19.2. The largest absolute Gasteiger partial charge is 0.508 e. The van der Waals surface area contributed by atoms with Gasteiger partial charge in [0, 0.05) is 34.5 Å². The number of hydrogen-bond donors (Lipinski definition) is 4. The first-order chi connectivity index (χ1) is 16.8. The van der Waals surface area contributed by atoms with Crippen molar-refractivity contribution < 1.29 is 24.5 Å². The van der Waals surface area contributed by atoms with Crippen LogP contribution >= 0.6 is 0 Å². The Morgan fingerprint density at radius 2 is 1.40 bits per heavy atom. The highest BCUT2D eigenvalue weighted by atomic mass is 16.6. The van der Waals surface area contributed by atoms with Crippen LogP contribution in [-0.4, -0.2) is 16.2 Å². The normalized spacial score (nSPS) is 14.8. The van der Waals surface area contributed by atoms with Crippen molar-refractivity contribution in [2.24, 2.45) is 10.2 Å². The van der Waals surface area contributed by atoms with Gasteiger partial charge in [-0.3, -0.25) is 0 Å². The minimum absolute atomic E-state index is 0.00949. The van der Waals surface area contributed by atoms with Gasteiger partial charge in [-0.15, -0.1) is 5.11 Å². The van der Waals surface area contributed by atoms with Crippen molar-refractivity contribution in [1.82, 2.24) is 0 Å². The number of esters is 1. The summed E-state index contributed by atoms with van der Waals surface area (Å²) in [6.07, 6.45) is 0. The van der Waals surface area contributed by atoms with Gasteiger partial charge in [0.15, 0.2) is 5.60 Å². The Bertz CT molecular complexity index is 1530. The standard InChI is InChI=1S/C26H18N4O5/c27-13-1-8-22(21(28)9-13)30-29-14-2-5-18-17(10-14)25(33)35-26(18)19-6-3-15(31)11-23(19)34-24-12-16(32)4-7-20(24)26/h1-12,31-32H,27-28H2. The summed E-state index contributed by atoms with van der Waals surface area (Å²) in [7, 11) is 0. The van der Waals surface area contributed by atoms with Crippen molar-refractivity contribution in [3.05, 3.63) is 95.1 Å². The number of rotatable bonds is 2. The number of nitrogens with zero attached hydrogens (tertiary/aromatic N) is 2. The van der Waals surface area contributed by atoms with Gasteiger partial charge in [-0.1, -0.05) is 6.07 Å². The van der Waals surface area contributed by atoms with Gasteiger partial charge in [-0.05, 0) is 54.6 Å². The van der Waals surface area contributed by atoms with E-state index in [0.717, 1.165) is 0 Å². The molecule has 0 saturated heterocycles. The van der Waals surface area contributed by atoms with E-state index in [1.165, 1.54) is 24.3 Å². The van der Waals surface area contributed by atoms with Gasteiger partial charge in [-0.25, -0.2) is 4.79 Å². The van der Waals surface area contributed by atoms with Gasteiger partial charge in [0.05, 0.1) is 16.9 Å². The lowest BCUT2D eigenvalue weighted by Gasteiger charge is -2.36. The monoisotopic (exact) mass is 466 g/mol. The number of carbonyl (C=O) groups excluding carboxylic acids is 1. The van der Waals surface area contributed by atoms with E-state index in [0.29, 0.717) is 56.5 Å². The number of phenolic OH excluding ortho intramolecular Hbond substituents is 2. The van der Waals surface area contributed by atoms with Gasteiger partial charge in [-0.2, -0.15) is 5.11 Å². The summed E-state index contributed by atoms with van der Waals surface area (Å²) in [5, 5.41) is 28.4. The van der Waals surface area contributed by atoms with Crippen molar-refractivity contribution >= 4 is 28.7 Å². The number of hydrogen-bond acceptors (Lipinski definition) is 9. The molecular weight excluding hydrogens is 448 g/mol. The number of nitrogen functional groups attached to an aromatic ring is 2. The van der Waals surface area contributed by atoms with Crippen LogP contribution in [0.25, 0.3) is 0 Å². The van der Waals surface area contributed by atoms with Crippen LogP contribution in [0.2, 0.25) is 0 Å². The van der Waals surface area contributed by atoms with Gasteiger partial charge < -0.3 is 31.2 Å². The fraction of sp³-hybridized carbons (Fsp3) is 0.0385. The number of ether oxygens (including phenoxy) is 2. The lowest BCUT2D eigenvalue weighted by molar-refractivity contribution is 0.0224. The lowest BCUT2D eigenvalue weighted by Crippen LogP contribution is -2.32. The second kappa shape index (κ2) is 7.22. The molecule has 9 nitrogen and oxygen atoms in total. The van der Waals surface area contributed by atoms with Crippen LogP contribution in [0, 0.1) is 0 Å². The molecule has 172 valence electrons. The Morgan fingerprint density at radius 3 is 2.06 bits per heavy atom. The number of benzene rings is 4. The van der Waals surface area contributed by atoms with Gasteiger partial charge in [0.2, 0.25) is 0 Å². The van der Waals surface area contributed by atoms with E-state index in [1.54, 1.807) is 48.5 Å². The smallest absolute Gasteiger partial charge is 0.340 e. The Hall–Kier alpha value is -5.05. The second-order valence-electron chi connectivity index (χ2n) is 8.28. The average Bonchev–Trinajstić information content (AvgIpc) is 3.10. The SMILES string of the molecule is Nc1ccc(N=Nc2ccc3c(c2)C(=O)OC32c3ccc(O)cc3Oc3cc(O)ccc32)c(N)c1. The van der Waals surface area contributed by atoms with E-state index in [2.05, 4.69) is 10.2 Å². The maximum absolute atomic E-state index is 13.1. The number of aromatic hydroxyl groups is 2. The predicted octanol–water partition coefficient (Wildman–Crippen LogP) is 5.25. The van der Waals surface area contributed by atoms with Crippen LogP contribution in [0.5, 0.6) is 23.0 Å². The number of fused-ring (bicyclic) bond motifs is 6. The van der Waals surface area contributed by atoms with Crippen LogP contribution in [-0.2, 0) is 10.3 Å². The number of carbonyl (C=O) groups is 1. The summed E-state index contributed by atoms with van der Waals surface area (Å²) in [4.78, 5) is 13.1. The molecular formula is C26H18N4O5. The van der Waals surface area contributed by atoms with Gasteiger partial charge in [0.1, 0.15) is 28.7 Å². The van der Waals surface area contributed by atoms with Gasteiger partial charge >= 0.3 is 5.97 Å². The molecule has 6 rings (SSSR count). The maximum Gasteiger partial charge on any atom is 0.340 e. The molecule has 2 heterocycles. The van der Waals surface area contributed by atoms with Crippen LogP contribution in [0.15, 0.2) is 83.0 Å². The van der Waals surface area contributed by atoms with Crippen molar-refractivity contribution in [2.45, 2.75) is 5.60 Å². The number of azo groups is 1. The summed E-state index contributed by atoms with van der Waals surface area (Å²) in [5.41, 5.74) is 14.1. The Kier molecular flexibility index (Phi) is 4.24. The molecule has 6 N–H and O–H groups in total. The van der Waals surface area contributed by atoms with Crippen molar-refractivity contribution in [2.75, 3.05) is 11.5 Å². The molecule has 35 heavy (non-hydrogen) atoms. The third-order valence-corrected chi connectivity index (χ3v) is 6.08. The topological polar surface area (TPSA) is 153 Å². The molecule has 0 fully saturated rings. The molecule has 0 saturated carbocycles. The molecule has 0 aliphatic carbocycles. The summed E-state index contributed by atoms with van der Waals surface area (Å²) in [6.45, 7) is 0. The second-order valence-corrected chi connectivity index (χ2v) is 8.28. The number of nitrogens with two attached hydrogens (primary N) is 2. The van der Waals surface area contributed by atoms with E-state index >= 15 is 0 Å².